The second kappa shape index (κ2) is 6.47. The van der Waals surface area contributed by atoms with Crippen LogP contribution in [0.5, 0.6) is 0 Å². The van der Waals surface area contributed by atoms with Crippen LogP contribution >= 0.6 is 31.9 Å². The molecule has 0 saturated carbocycles. The molecule has 0 atom stereocenters. The van der Waals surface area contributed by atoms with Crippen LogP contribution in [0.4, 0.5) is 0 Å². The second-order valence-corrected chi connectivity index (χ2v) is 9.74. The number of aryl methyl sites for hydroxylation is 2. The summed E-state index contributed by atoms with van der Waals surface area (Å²) in [6, 6.07) is 26.6. The fourth-order valence-electron chi connectivity index (χ4n) is 4.74. The predicted molar refractivity (Wildman–Crippen MR) is 135 cm³/mol. The van der Waals surface area contributed by atoms with Crippen LogP contribution in [0, 0.1) is 0 Å². The monoisotopic (exact) mass is 516 g/mol. The Hall–Kier alpha value is -2.56. The van der Waals surface area contributed by atoms with E-state index in [0.717, 1.165) is 8.95 Å². The van der Waals surface area contributed by atoms with Gasteiger partial charge in [0.1, 0.15) is 0 Å². The van der Waals surface area contributed by atoms with Gasteiger partial charge in [0, 0.05) is 66.7 Å². The molecule has 2 nitrogen and oxygen atoms in total. The molecule has 2 heterocycles. The Morgan fingerprint density at radius 2 is 0.800 bits per heavy atom. The third kappa shape index (κ3) is 2.53. The van der Waals surface area contributed by atoms with E-state index in [-0.39, 0.29) is 0 Å². The summed E-state index contributed by atoms with van der Waals surface area (Å²) >= 11 is 7.27. The topological polar surface area (TPSA) is 9.86 Å². The van der Waals surface area contributed by atoms with Crippen molar-refractivity contribution in [1.29, 1.82) is 0 Å². The van der Waals surface area contributed by atoms with Gasteiger partial charge in [-0.25, -0.2) is 0 Å². The Kier molecular flexibility index (Phi) is 3.93. The van der Waals surface area contributed by atoms with Crippen molar-refractivity contribution in [2.45, 2.75) is 0 Å². The van der Waals surface area contributed by atoms with Crippen molar-refractivity contribution >= 4 is 75.5 Å². The maximum absolute atomic E-state index is 3.63. The summed E-state index contributed by atoms with van der Waals surface area (Å²) in [6.07, 6.45) is 0. The molecule has 146 valence electrons. The van der Waals surface area contributed by atoms with Gasteiger partial charge in [-0.05, 0) is 71.8 Å². The fraction of sp³-hybridized carbons (Fsp3) is 0.0769. The van der Waals surface area contributed by atoms with Crippen LogP contribution < -0.4 is 0 Å². The van der Waals surface area contributed by atoms with Gasteiger partial charge in [-0.15, -0.1) is 0 Å². The van der Waals surface area contributed by atoms with Crippen LogP contribution in [0.15, 0.2) is 81.7 Å². The van der Waals surface area contributed by atoms with Gasteiger partial charge in [-0.3, -0.25) is 0 Å². The van der Waals surface area contributed by atoms with Crippen molar-refractivity contribution in [1.82, 2.24) is 9.13 Å². The molecule has 0 aliphatic carbocycles. The van der Waals surface area contributed by atoms with Gasteiger partial charge >= 0.3 is 0 Å². The lowest BCUT2D eigenvalue weighted by Crippen LogP contribution is -1.87. The summed E-state index contributed by atoms with van der Waals surface area (Å²) in [5.74, 6) is 0. The number of aromatic nitrogens is 2. The van der Waals surface area contributed by atoms with Crippen molar-refractivity contribution < 1.29 is 0 Å². The smallest absolute Gasteiger partial charge is 0.0489 e. The minimum atomic E-state index is 1.11. The summed E-state index contributed by atoms with van der Waals surface area (Å²) in [5.41, 5.74) is 7.48. The average Bonchev–Trinajstić information content (AvgIpc) is 3.19. The number of benzene rings is 4. The molecule has 0 saturated heterocycles. The first-order valence-corrected chi connectivity index (χ1v) is 11.5. The van der Waals surface area contributed by atoms with Crippen LogP contribution in [-0.4, -0.2) is 9.13 Å². The van der Waals surface area contributed by atoms with E-state index in [4.69, 9.17) is 0 Å². The minimum Gasteiger partial charge on any atom is -0.344 e. The zero-order chi connectivity index (χ0) is 20.6. The van der Waals surface area contributed by atoms with Gasteiger partial charge in [0.2, 0.25) is 0 Å². The van der Waals surface area contributed by atoms with E-state index in [1.807, 2.05) is 0 Å². The molecule has 4 aromatic carbocycles. The SMILES string of the molecule is Cn1c2ccc(Br)cc2c2cc(-c3ccc4c(c3)c3cc(Br)ccc3n4C)ccc21. The molecule has 6 rings (SSSR count). The molecule has 0 bridgehead atoms. The van der Waals surface area contributed by atoms with Gasteiger partial charge in [-0.1, -0.05) is 44.0 Å². The number of hydrogen-bond donors (Lipinski definition) is 0. The lowest BCUT2D eigenvalue weighted by atomic mass is 10.0. The summed E-state index contributed by atoms with van der Waals surface area (Å²) in [5, 5.41) is 5.12. The predicted octanol–water partition coefficient (Wildman–Crippen LogP) is 8.17. The Morgan fingerprint density at radius 3 is 1.20 bits per heavy atom. The highest BCUT2D eigenvalue weighted by molar-refractivity contribution is 9.10. The van der Waals surface area contributed by atoms with E-state index < -0.39 is 0 Å². The average molecular weight is 518 g/mol. The number of rotatable bonds is 1. The second-order valence-electron chi connectivity index (χ2n) is 7.90. The van der Waals surface area contributed by atoms with Crippen LogP contribution in [0.2, 0.25) is 0 Å². The first-order valence-electron chi connectivity index (χ1n) is 9.87. The maximum atomic E-state index is 3.63. The molecule has 2 aromatic heterocycles. The third-order valence-corrected chi connectivity index (χ3v) is 7.26. The molecule has 0 N–H and O–H groups in total. The van der Waals surface area contributed by atoms with E-state index in [9.17, 15) is 0 Å². The van der Waals surface area contributed by atoms with E-state index in [1.54, 1.807) is 0 Å². The molecule has 0 radical (unpaired) electrons. The van der Waals surface area contributed by atoms with Crippen LogP contribution in [0.25, 0.3) is 54.7 Å². The van der Waals surface area contributed by atoms with Gasteiger partial charge in [0.15, 0.2) is 0 Å². The molecule has 0 unspecified atom stereocenters. The quantitative estimate of drug-likeness (QED) is 0.208. The number of nitrogens with zero attached hydrogens (tertiary/aromatic N) is 2. The van der Waals surface area contributed by atoms with Gasteiger partial charge < -0.3 is 9.13 Å². The highest BCUT2D eigenvalue weighted by atomic mass is 79.9. The van der Waals surface area contributed by atoms with E-state index >= 15 is 0 Å². The minimum absolute atomic E-state index is 1.11. The Labute approximate surface area is 191 Å². The van der Waals surface area contributed by atoms with Crippen LogP contribution in [0.3, 0.4) is 0 Å². The van der Waals surface area contributed by atoms with Crippen molar-refractivity contribution in [3.05, 3.63) is 81.7 Å². The molecule has 0 aliphatic heterocycles. The van der Waals surface area contributed by atoms with E-state index in [1.165, 1.54) is 54.7 Å². The zero-order valence-corrected chi connectivity index (χ0v) is 19.8. The maximum Gasteiger partial charge on any atom is 0.0489 e. The normalized spacial score (nSPS) is 12.0. The zero-order valence-electron chi connectivity index (χ0n) is 16.6. The molecule has 0 fully saturated rings. The number of fused-ring (bicyclic) bond motifs is 6. The lowest BCUT2D eigenvalue weighted by Gasteiger charge is -2.05. The molecular weight excluding hydrogens is 500 g/mol. The first-order chi connectivity index (χ1) is 14.5. The van der Waals surface area contributed by atoms with Gasteiger partial charge in [-0.2, -0.15) is 0 Å². The molecule has 30 heavy (non-hydrogen) atoms. The standard InChI is InChI=1S/C26H18Br2N2/c1-29-23-7-3-15(11-19(23)21-13-17(27)5-9-25(21)29)16-4-8-24-20(12-16)22-14-18(28)6-10-26(22)30(24)2/h3-14H,1-2H3. The fourth-order valence-corrected chi connectivity index (χ4v) is 5.46. The number of hydrogen-bond acceptors (Lipinski definition) is 0. The van der Waals surface area contributed by atoms with Crippen molar-refractivity contribution in [2.75, 3.05) is 0 Å². The molecule has 0 spiro atoms. The van der Waals surface area contributed by atoms with E-state index in [2.05, 4.69) is 128 Å². The highest BCUT2D eigenvalue weighted by Crippen LogP contribution is 2.36. The van der Waals surface area contributed by atoms with Gasteiger partial charge in [0.25, 0.3) is 0 Å². The van der Waals surface area contributed by atoms with Gasteiger partial charge in [0.05, 0.1) is 0 Å². The molecule has 6 aromatic rings. The van der Waals surface area contributed by atoms with Crippen LogP contribution in [-0.2, 0) is 14.1 Å². The molecule has 4 heteroatoms. The van der Waals surface area contributed by atoms with Crippen LogP contribution in [0.1, 0.15) is 0 Å². The van der Waals surface area contributed by atoms with Crippen molar-refractivity contribution in [3.63, 3.8) is 0 Å². The lowest BCUT2D eigenvalue weighted by molar-refractivity contribution is 1.01. The van der Waals surface area contributed by atoms with Crippen molar-refractivity contribution in [3.8, 4) is 11.1 Å². The Morgan fingerprint density at radius 1 is 0.467 bits per heavy atom. The molecule has 0 amide bonds. The third-order valence-electron chi connectivity index (χ3n) is 6.27. The molecule has 0 aliphatic rings. The summed E-state index contributed by atoms with van der Waals surface area (Å²) in [7, 11) is 4.27. The summed E-state index contributed by atoms with van der Waals surface area (Å²) < 4.78 is 6.75. The van der Waals surface area contributed by atoms with Crippen molar-refractivity contribution in [2.24, 2.45) is 14.1 Å². The van der Waals surface area contributed by atoms with E-state index in [0.29, 0.717) is 0 Å². The number of halogens is 2. The Bertz CT molecular complexity index is 1510. The highest BCUT2D eigenvalue weighted by Gasteiger charge is 2.13. The molecular formula is C26H18Br2N2. The Balaban J connectivity index is 1.63. The largest absolute Gasteiger partial charge is 0.344 e. The first kappa shape index (κ1) is 18.2. The summed E-state index contributed by atoms with van der Waals surface area (Å²) in [4.78, 5) is 0. The summed E-state index contributed by atoms with van der Waals surface area (Å²) in [6.45, 7) is 0.